The van der Waals surface area contributed by atoms with Crippen molar-refractivity contribution in [1.82, 2.24) is 10.2 Å². The fourth-order valence-electron chi connectivity index (χ4n) is 2.66. The topological polar surface area (TPSA) is 105 Å². The zero-order valence-corrected chi connectivity index (χ0v) is 16.1. The van der Waals surface area contributed by atoms with Gasteiger partial charge in [0, 0.05) is 13.0 Å². The van der Waals surface area contributed by atoms with Gasteiger partial charge in [-0.25, -0.2) is 9.59 Å². The van der Waals surface area contributed by atoms with Crippen LogP contribution < -0.4 is 5.32 Å². The minimum Gasteiger partial charge on any atom is -0.467 e. The van der Waals surface area contributed by atoms with Crippen LogP contribution in [-0.2, 0) is 19.1 Å². The van der Waals surface area contributed by atoms with Crippen molar-refractivity contribution in [1.29, 1.82) is 0 Å². The SMILES string of the molecule is COC(=O)[C@@H]1C[C@@H](O)CN1C(=O)[C@@H](NC(=O)OC(C)(C)C)C(C)(C)C. The van der Waals surface area contributed by atoms with E-state index in [1.54, 1.807) is 41.5 Å². The van der Waals surface area contributed by atoms with E-state index in [0.29, 0.717) is 0 Å². The van der Waals surface area contributed by atoms with Crippen molar-refractivity contribution in [2.45, 2.75) is 71.8 Å². The van der Waals surface area contributed by atoms with Crippen molar-refractivity contribution < 1.29 is 29.0 Å². The van der Waals surface area contributed by atoms with Crippen molar-refractivity contribution in [3.63, 3.8) is 0 Å². The van der Waals surface area contributed by atoms with Gasteiger partial charge in [-0.05, 0) is 26.2 Å². The highest BCUT2D eigenvalue weighted by Crippen LogP contribution is 2.26. The summed E-state index contributed by atoms with van der Waals surface area (Å²) >= 11 is 0. The lowest BCUT2D eigenvalue weighted by Gasteiger charge is -2.35. The number of β-amino-alcohol motifs (C(OH)–C–C–N with tert-alkyl or cyclic N) is 1. The zero-order chi connectivity index (χ0) is 19.6. The van der Waals surface area contributed by atoms with E-state index in [1.165, 1.54) is 12.0 Å². The van der Waals surface area contributed by atoms with E-state index in [1.807, 2.05) is 0 Å². The van der Waals surface area contributed by atoms with Crippen LogP contribution in [-0.4, -0.2) is 65.4 Å². The predicted octanol–water partition coefficient (Wildman–Crippen LogP) is 1.06. The predicted molar refractivity (Wildman–Crippen MR) is 90.8 cm³/mol. The van der Waals surface area contributed by atoms with E-state index in [-0.39, 0.29) is 13.0 Å². The highest BCUT2D eigenvalue weighted by Gasteiger charge is 2.45. The number of hydrogen-bond donors (Lipinski definition) is 2. The number of esters is 1. The minimum atomic E-state index is -0.917. The molecule has 0 aliphatic carbocycles. The van der Waals surface area contributed by atoms with Gasteiger partial charge >= 0.3 is 12.1 Å². The van der Waals surface area contributed by atoms with Crippen LogP contribution >= 0.6 is 0 Å². The Hall–Kier alpha value is -1.83. The summed E-state index contributed by atoms with van der Waals surface area (Å²) in [5, 5.41) is 12.5. The number of carbonyl (C=O) groups excluding carboxylic acids is 3. The molecule has 2 N–H and O–H groups in total. The van der Waals surface area contributed by atoms with Gasteiger partial charge in [-0.2, -0.15) is 0 Å². The molecule has 144 valence electrons. The van der Waals surface area contributed by atoms with E-state index in [4.69, 9.17) is 9.47 Å². The monoisotopic (exact) mass is 358 g/mol. The maximum absolute atomic E-state index is 13.0. The van der Waals surface area contributed by atoms with Gasteiger partial charge in [0.15, 0.2) is 0 Å². The van der Waals surface area contributed by atoms with Crippen LogP contribution in [0.5, 0.6) is 0 Å². The van der Waals surface area contributed by atoms with E-state index < -0.39 is 47.2 Å². The van der Waals surface area contributed by atoms with Crippen LogP contribution in [0.15, 0.2) is 0 Å². The second-order valence-corrected chi connectivity index (χ2v) is 8.36. The number of aliphatic hydroxyl groups is 1. The molecule has 0 radical (unpaired) electrons. The Labute approximate surface area is 148 Å². The summed E-state index contributed by atoms with van der Waals surface area (Å²) in [7, 11) is 1.23. The van der Waals surface area contributed by atoms with E-state index in [0.717, 1.165) is 0 Å². The Balaban J connectivity index is 3.01. The summed E-state index contributed by atoms with van der Waals surface area (Å²) in [6, 6.07) is -1.78. The number of aliphatic hydroxyl groups excluding tert-OH is 1. The molecule has 0 saturated carbocycles. The maximum Gasteiger partial charge on any atom is 0.408 e. The summed E-state index contributed by atoms with van der Waals surface area (Å²) in [5.41, 5.74) is -1.32. The fourth-order valence-corrected chi connectivity index (χ4v) is 2.66. The highest BCUT2D eigenvalue weighted by molar-refractivity contribution is 5.91. The molecule has 1 heterocycles. The van der Waals surface area contributed by atoms with Gasteiger partial charge in [-0.3, -0.25) is 4.79 Å². The lowest BCUT2D eigenvalue weighted by molar-refractivity contribution is -0.152. The molecular weight excluding hydrogens is 328 g/mol. The second kappa shape index (κ2) is 7.59. The Kier molecular flexibility index (Phi) is 6.44. The lowest BCUT2D eigenvalue weighted by Crippen LogP contribution is -2.57. The smallest absolute Gasteiger partial charge is 0.408 e. The summed E-state index contributed by atoms with van der Waals surface area (Å²) in [4.78, 5) is 38.3. The molecular formula is C17H30N2O6. The summed E-state index contributed by atoms with van der Waals surface area (Å²) in [6.07, 6.45) is -1.41. The molecule has 1 rings (SSSR count). The first-order valence-corrected chi connectivity index (χ1v) is 8.32. The molecule has 0 spiro atoms. The van der Waals surface area contributed by atoms with Crippen LogP contribution in [0, 0.1) is 5.41 Å². The normalized spacial score (nSPS) is 22.3. The molecule has 0 aromatic carbocycles. The maximum atomic E-state index is 13.0. The van der Waals surface area contributed by atoms with E-state index >= 15 is 0 Å². The molecule has 0 unspecified atom stereocenters. The summed E-state index contributed by atoms with van der Waals surface area (Å²) in [5.74, 6) is -1.04. The van der Waals surface area contributed by atoms with Crippen LogP contribution in [0.1, 0.15) is 48.0 Å². The number of nitrogens with zero attached hydrogens (tertiary/aromatic N) is 1. The van der Waals surface area contributed by atoms with Crippen molar-refractivity contribution in [2.75, 3.05) is 13.7 Å². The molecule has 3 atom stereocenters. The van der Waals surface area contributed by atoms with Gasteiger partial charge in [0.25, 0.3) is 0 Å². The Morgan fingerprint density at radius 1 is 1.16 bits per heavy atom. The fraction of sp³-hybridized carbons (Fsp3) is 0.824. The standard InChI is InChI=1S/C17H30N2O6/c1-16(2,3)12(18-15(23)25-17(4,5)6)13(21)19-9-10(20)8-11(19)14(22)24-7/h10-12,20H,8-9H2,1-7H3,(H,18,23)/t10-,11+,12-/m1/s1. The number of rotatable bonds is 3. The molecule has 25 heavy (non-hydrogen) atoms. The summed E-state index contributed by atoms with van der Waals surface area (Å²) in [6.45, 7) is 10.6. The average Bonchev–Trinajstić information content (AvgIpc) is 2.82. The van der Waals surface area contributed by atoms with Gasteiger partial charge in [0.2, 0.25) is 5.91 Å². The third-order valence-electron chi connectivity index (χ3n) is 3.81. The number of carbonyl (C=O) groups is 3. The molecule has 2 amide bonds. The first-order valence-electron chi connectivity index (χ1n) is 8.32. The summed E-state index contributed by atoms with van der Waals surface area (Å²) < 4.78 is 9.95. The second-order valence-electron chi connectivity index (χ2n) is 8.36. The minimum absolute atomic E-state index is 0.0151. The Bertz CT molecular complexity index is 520. The van der Waals surface area contributed by atoms with Crippen molar-refractivity contribution in [3.05, 3.63) is 0 Å². The van der Waals surface area contributed by atoms with Crippen LogP contribution in [0.3, 0.4) is 0 Å². The number of alkyl carbamates (subject to hydrolysis) is 1. The first kappa shape index (κ1) is 21.2. The third kappa shape index (κ3) is 5.88. The van der Waals surface area contributed by atoms with Crippen molar-refractivity contribution in [2.24, 2.45) is 5.41 Å². The number of likely N-dealkylation sites (tertiary alicyclic amines) is 1. The van der Waals surface area contributed by atoms with Gasteiger partial charge in [0.1, 0.15) is 17.7 Å². The molecule has 0 aromatic heterocycles. The van der Waals surface area contributed by atoms with Gasteiger partial charge in [-0.15, -0.1) is 0 Å². The molecule has 1 aliphatic heterocycles. The first-order chi connectivity index (χ1) is 11.3. The number of nitrogens with one attached hydrogen (secondary N) is 1. The van der Waals surface area contributed by atoms with Gasteiger partial charge < -0.3 is 24.8 Å². The van der Waals surface area contributed by atoms with Crippen LogP contribution in [0.2, 0.25) is 0 Å². The molecule has 1 fully saturated rings. The van der Waals surface area contributed by atoms with Gasteiger partial charge in [-0.1, -0.05) is 20.8 Å². The van der Waals surface area contributed by atoms with Crippen LogP contribution in [0.25, 0.3) is 0 Å². The van der Waals surface area contributed by atoms with Crippen molar-refractivity contribution in [3.8, 4) is 0 Å². The molecule has 0 bridgehead atoms. The molecule has 0 aromatic rings. The largest absolute Gasteiger partial charge is 0.467 e. The Morgan fingerprint density at radius 3 is 2.16 bits per heavy atom. The molecule has 8 heteroatoms. The zero-order valence-electron chi connectivity index (χ0n) is 16.1. The molecule has 1 saturated heterocycles. The molecule has 8 nitrogen and oxygen atoms in total. The van der Waals surface area contributed by atoms with Crippen molar-refractivity contribution >= 4 is 18.0 Å². The highest BCUT2D eigenvalue weighted by atomic mass is 16.6. The van der Waals surface area contributed by atoms with E-state index in [2.05, 4.69) is 5.32 Å². The number of methoxy groups -OCH3 is 1. The molecule has 1 aliphatic rings. The quantitative estimate of drug-likeness (QED) is 0.731. The number of ether oxygens (including phenoxy) is 2. The third-order valence-corrected chi connectivity index (χ3v) is 3.81. The average molecular weight is 358 g/mol. The Morgan fingerprint density at radius 2 is 1.72 bits per heavy atom. The van der Waals surface area contributed by atoms with Crippen LogP contribution in [0.4, 0.5) is 4.79 Å². The lowest BCUT2D eigenvalue weighted by atomic mass is 9.85. The van der Waals surface area contributed by atoms with Gasteiger partial charge in [0.05, 0.1) is 13.2 Å². The number of amides is 2. The van der Waals surface area contributed by atoms with E-state index in [9.17, 15) is 19.5 Å². The number of hydrogen-bond acceptors (Lipinski definition) is 6.